The maximum atomic E-state index is 11.7. The van der Waals surface area contributed by atoms with Gasteiger partial charge in [0.15, 0.2) is 0 Å². The summed E-state index contributed by atoms with van der Waals surface area (Å²) in [6.07, 6.45) is 1.94. The van der Waals surface area contributed by atoms with Crippen LogP contribution in [0, 0.1) is 6.92 Å². The van der Waals surface area contributed by atoms with E-state index in [1.807, 2.05) is 13.2 Å². The fourth-order valence-electron chi connectivity index (χ4n) is 0.913. The standard InChI is InChI=1S/C8H12BrNO2S3/c1-6-5-7(14-8(6)9)15(11,12)10-3-4-13-2/h5,10H,3-4H2,1-2H3. The molecule has 0 radical (unpaired) electrons. The minimum absolute atomic E-state index is 0.368. The molecule has 0 amide bonds. The number of hydrogen-bond acceptors (Lipinski definition) is 4. The minimum Gasteiger partial charge on any atom is -0.210 e. The van der Waals surface area contributed by atoms with Crippen molar-refractivity contribution in [3.63, 3.8) is 0 Å². The Kier molecular flexibility index (Phi) is 5.11. The van der Waals surface area contributed by atoms with Crippen LogP contribution in [-0.4, -0.2) is 27.0 Å². The molecule has 1 aromatic heterocycles. The van der Waals surface area contributed by atoms with Gasteiger partial charge in [-0.2, -0.15) is 11.8 Å². The van der Waals surface area contributed by atoms with E-state index in [0.29, 0.717) is 10.8 Å². The molecular weight excluding hydrogens is 318 g/mol. The van der Waals surface area contributed by atoms with Crippen LogP contribution in [0.15, 0.2) is 14.1 Å². The molecule has 3 nitrogen and oxygen atoms in total. The lowest BCUT2D eigenvalue weighted by Crippen LogP contribution is -2.25. The number of nitrogens with one attached hydrogen (secondary N) is 1. The zero-order valence-corrected chi connectivity index (χ0v) is 12.4. The van der Waals surface area contributed by atoms with Crippen molar-refractivity contribution in [2.24, 2.45) is 0 Å². The Hall–Kier alpha value is 0.440. The van der Waals surface area contributed by atoms with Crippen molar-refractivity contribution >= 4 is 49.1 Å². The summed E-state index contributed by atoms with van der Waals surface area (Å²) < 4.78 is 27.3. The third kappa shape index (κ3) is 3.74. The van der Waals surface area contributed by atoms with E-state index in [1.165, 1.54) is 11.3 Å². The summed E-state index contributed by atoms with van der Waals surface area (Å²) in [6.45, 7) is 2.35. The first-order valence-corrected chi connectivity index (χ1v) is 8.70. The Morgan fingerprint density at radius 3 is 2.73 bits per heavy atom. The highest BCUT2D eigenvalue weighted by atomic mass is 79.9. The zero-order valence-electron chi connectivity index (χ0n) is 8.41. The summed E-state index contributed by atoms with van der Waals surface area (Å²) in [4.78, 5) is 0. The van der Waals surface area contributed by atoms with Gasteiger partial charge in [0.2, 0.25) is 10.0 Å². The van der Waals surface area contributed by atoms with Gasteiger partial charge in [0.1, 0.15) is 4.21 Å². The first-order valence-electron chi connectivity index (χ1n) is 4.22. The van der Waals surface area contributed by atoms with Crippen LogP contribution >= 0.6 is 39.0 Å². The Labute approximate surface area is 107 Å². The first-order chi connectivity index (χ1) is 6.97. The predicted octanol–water partition coefficient (Wildman–Crippen LogP) is 2.46. The summed E-state index contributed by atoms with van der Waals surface area (Å²) in [5.41, 5.74) is 0.949. The molecular formula is C8H12BrNO2S3. The molecule has 0 aromatic carbocycles. The molecule has 0 aliphatic carbocycles. The second-order valence-electron chi connectivity index (χ2n) is 2.91. The van der Waals surface area contributed by atoms with Gasteiger partial charge in [0.05, 0.1) is 3.79 Å². The van der Waals surface area contributed by atoms with Crippen molar-refractivity contribution < 1.29 is 8.42 Å². The molecule has 1 aromatic rings. The molecule has 0 fully saturated rings. The quantitative estimate of drug-likeness (QED) is 0.844. The molecule has 0 unspecified atom stereocenters. The maximum Gasteiger partial charge on any atom is 0.250 e. The first kappa shape index (κ1) is 13.5. The molecule has 0 saturated heterocycles. The lowest BCUT2D eigenvalue weighted by molar-refractivity contribution is 0.586. The second kappa shape index (κ2) is 5.67. The van der Waals surface area contributed by atoms with Crippen LogP contribution in [-0.2, 0) is 10.0 Å². The molecule has 1 heterocycles. The molecule has 0 saturated carbocycles. The molecule has 0 aliphatic rings. The number of rotatable bonds is 5. The van der Waals surface area contributed by atoms with Crippen molar-refractivity contribution in [3.05, 3.63) is 15.4 Å². The second-order valence-corrected chi connectivity index (χ2v) is 8.26. The molecule has 1 rings (SSSR count). The van der Waals surface area contributed by atoms with Gasteiger partial charge in [-0.25, -0.2) is 13.1 Å². The number of thioether (sulfide) groups is 1. The SMILES string of the molecule is CSCCNS(=O)(=O)c1cc(C)c(Br)s1. The number of sulfonamides is 1. The molecule has 1 N–H and O–H groups in total. The number of hydrogen-bond donors (Lipinski definition) is 1. The highest BCUT2D eigenvalue weighted by Crippen LogP contribution is 2.30. The van der Waals surface area contributed by atoms with Crippen LogP contribution < -0.4 is 4.72 Å². The van der Waals surface area contributed by atoms with Crippen LogP contribution in [0.1, 0.15) is 5.56 Å². The monoisotopic (exact) mass is 329 g/mol. The van der Waals surface area contributed by atoms with Gasteiger partial charge < -0.3 is 0 Å². The Bertz CT molecular complexity index is 408. The average Bonchev–Trinajstić information content (AvgIpc) is 2.48. The molecule has 15 heavy (non-hydrogen) atoms. The molecule has 0 aliphatic heterocycles. The highest BCUT2D eigenvalue weighted by Gasteiger charge is 2.17. The van der Waals surface area contributed by atoms with Gasteiger partial charge in [-0.05, 0) is 40.7 Å². The van der Waals surface area contributed by atoms with Crippen LogP contribution in [0.3, 0.4) is 0 Å². The summed E-state index contributed by atoms with van der Waals surface area (Å²) >= 11 is 6.16. The van der Waals surface area contributed by atoms with Gasteiger partial charge in [0, 0.05) is 12.3 Å². The lowest BCUT2D eigenvalue weighted by Gasteiger charge is -2.02. The van der Waals surface area contributed by atoms with E-state index < -0.39 is 10.0 Å². The van der Waals surface area contributed by atoms with E-state index in [1.54, 1.807) is 17.8 Å². The third-order valence-electron chi connectivity index (χ3n) is 1.70. The van der Waals surface area contributed by atoms with Crippen LogP contribution in [0.2, 0.25) is 0 Å². The molecule has 7 heteroatoms. The number of thiophene rings is 1. The topological polar surface area (TPSA) is 46.2 Å². The highest BCUT2D eigenvalue weighted by molar-refractivity contribution is 9.11. The Morgan fingerprint density at radius 1 is 1.60 bits per heavy atom. The van der Waals surface area contributed by atoms with Gasteiger partial charge >= 0.3 is 0 Å². The van der Waals surface area contributed by atoms with E-state index in [2.05, 4.69) is 20.7 Å². The average molecular weight is 330 g/mol. The van der Waals surface area contributed by atoms with Gasteiger partial charge in [-0.3, -0.25) is 0 Å². The summed E-state index contributed by atoms with van der Waals surface area (Å²) in [7, 11) is -3.31. The lowest BCUT2D eigenvalue weighted by atomic mass is 10.4. The van der Waals surface area contributed by atoms with Crippen LogP contribution in [0.5, 0.6) is 0 Å². The van der Waals surface area contributed by atoms with E-state index in [4.69, 9.17) is 0 Å². The van der Waals surface area contributed by atoms with Gasteiger partial charge in [-0.1, -0.05) is 0 Å². The van der Waals surface area contributed by atoms with Crippen molar-refractivity contribution in [1.82, 2.24) is 4.72 Å². The van der Waals surface area contributed by atoms with Crippen LogP contribution in [0.4, 0.5) is 0 Å². The van der Waals surface area contributed by atoms with Crippen molar-refractivity contribution in [2.75, 3.05) is 18.6 Å². The number of aryl methyl sites for hydroxylation is 1. The van der Waals surface area contributed by atoms with Crippen molar-refractivity contribution in [2.45, 2.75) is 11.1 Å². The fourth-order valence-corrected chi connectivity index (χ4v) is 4.65. The smallest absolute Gasteiger partial charge is 0.210 e. The summed E-state index contributed by atoms with van der Waals surface area (Å²) in [5, 5.41) is 0. The summed E-state index contributed by atoms with van der Waals surface area (Å²) in [6, 6.07) is 1.68. The Balaban J connectivity index is 2.77. The predicted molar refractivity (Wildman–Crippen MR) is 70.3 cm³/mol. The molecule has 0 spiro atoms. The maximum absolute atomic E-state index is 11.7. The van der Waals surface area contributed by atoms with Crippen LogP contribution in [0.25, 0.3) is 0 Å². The van der Waals surface area contributed by atoms with Gasteiger partial charge in [0.25, 0.3) is 0 Å². The third-order valence-corrected chi connectivity index (χ3v) is 6.38. The van der Waals surface area contributed by atoms with E-state index in [9.17, 15) is 8.42 Å². The molecule has 86 valence electrons. The van der Waals surface area contributed by atoms with E-state index in [0.717, 1.165) is 15.1 Å². The van der Waals surface area contributed by atoms with Crippen molar-refractivity contribution in [3.8, 4) is 0 Å². The molecule has 0 atom stereocenters. The fraction of sp³-hybridized carbons (Fsp3) is 0.500. The van der Waals surface area contributed by atoms with E-state index >= 15 is 0 Å². The zero-order chi connectivity index (χ0) is 11.5. The number of halogens is 1. The normalized spacial score (nSPS) is 11.9. The molecule has 0 bridgehead atoms. The largest absolute Gasteiger partial charge is 0.250 e. The minimum atomic E-state index is -3.31. The summed E-state index contributed by atoms with van der Waals surface area (Å²) in [5.74, 6) is 0.782. The van der Waals surface area contributed by atoms with E-state index in [-0.39, 0.29) is 0 Å². The Morgan fingerprint density at radius 2 is 2.27 bits per heavy atom. The van der Waals surface area contributed by atoms with Crippen molar-refractivity contribution in [1.29, 1.82) is 0 Å². The van der Waals surface area contributed by atoms with Gasteiger partial charge in [-0.15, -0.1) is 11.3 Å².